The zero-order valence-electron chi connectivity index (χ0n) is 14.5. The van der Waals surface area contributed by atoms with E-state index in [1.165, 1.54) is 11.1 Å². The van der Waals surface area contributed by atoms with E-state index in [2.05, 4.69) is 45.0 Å². The summed E-state index contributed by atoms with van der Waals surface area (Å²) < 4.78 is 0. The maximum absolute atomic E-state index is 12.8. The van der Waals surface area contributed by atoms with Crippen LogP contribution in [0.3, 0.4) is 0 Å². The molecular weight excluding hydrogens is 274 g/mol. The molecule has 1 saturated heterocycles. The van der Waals surface area contributed by atoms with Crippen LogP contribution < -0.4 is 0 Å². The van der Waals surface area contributed by atoms with E-state index >= 15 is 0 Å². The lowest BCUT2D eigenvalue weighted by atomic mass is 9.80. The molecular formula is C19H29NO2. The van der Waals surface area contributed by atoms with Gasteiger partial charge in [0.15, 0.2) is 0 Å². The molecule has 1 aliphatic heterocycles. The molecule has 1 N–H and O–H groups in total. The monoisotopic (exact) mass is 303 g/mol. The van der Waals surface area contributed by atoms with Gasteiger partial charge in [0.1, 0.15) is 0 Å². The molecule has 0 aromatic heterocycles. The van der Waals surface area contributed by atoms with Gasteiger partial charge >= 0.3 is 0 Å². The number of amides is 1. The van der Waals surface area contributed by atoms with Crippen molar-refractivity contribution in [3.8, 4) is 0 Å². The Bertz CT molecular complexity index is 525. The number of carbonyl (C=O) groups excluding carboxylic acids is 1. The summed E-state index contributed by atoms with van der Waals surface area (Å²) in [6.07, 6.45) is 2.34. The van der Waals surface area contributed by atoms with Gasteiger partial charge in [-0.2, -0.15) is 0 Å². The van der Waals surface area contributed by atoms with Crippen LogP contribution in [0.1, 0.15) is 58.1 Å². The second-order valence-electron chi connectivity index (χ2n) is 7.83. The Kier molecular flexibility index (Phi) is 4.67. The summed E-state index contributed by atoms with van der Waals surface area (Å²) in [5.74, 6) is 0.148. The van der Waals surface area contributed by atoms with Gasteiger partial charge in [0.25, 0.3) is 0 Å². The van der Waals surface area contributed by atoms with Gasteiger partial charge in [-0.1, -0.05) is 43.7 Å². The number of aliphatic hydroxyl groups is 1. The van der Waals surface area contributed by atoms with Crippen molar-refractivity contribution in [3.63, 3.8) is 0 Å². The van der Waals surface area contributed by atoms with Gasteiger partial charge < -0.3 is 10.0 Å². The van der Waals surface area contributed by atoms with E-state index < -0.39 is 5.60 Å². The highest BCUT2D eigenvalue weighted by atomic mass is 16.3. The zero-order chi connectivity index (χ0) is 16.5. The minimum atomic E-state index is -0.833. The lowest BCUT2D eigenvalue weighted by Gasteiger charge is -2.36. The third kappa shape index (κ3) is 3.70. The summed E-state index contributed by atoms with van der Waals surface area (Å²) in [7, 11) is 0. The number of hydrogen-bond acceptors (Lipinski definition) is 2. The first-order valence-corrected chi connectivity index (χ1v) is 8.20. The summed E-state index contributed by atoms with van der Waals surface area (Å²) in [5, 5.41) is 10.3. The van der Waals surface area contributed by atoms with E-state index in [1.54, 1.807) is 13.8 Å². The lowest BCUT2D eigenvalue weighted by molar-refractivity contribution is -0.137. The molecule has 1 fully saturated rings. The standard InChI is InChI=1S/C19H29NO2/c1-14-8-10-15(11-9-14)18(2,3)13-17(21)20-12-6-7-16(20)19(4,5)22/h8-11,16,22H,6-7,12-13H2,1-5H3. The van der Waals surface area contributed by atoms with E-state index in [1.807, 2.05) is 4.90 Å². The summed E-state index contributed by atoms with van der Waals surface area (Å²) in [4.78, 5) is 14.7. The Morgan fingerprint density at radius 2 is 1.82 bits per heavy atom. The number of benzene rings is 1. The molecule has 1 heterocycles. The van der Waals surface area contributed by atoms with Crippen LogP contribution in [0, 0.1) is 6.92 Å². The molecule has 1 unspecified atom stereocenters. The second kappa shape index (κ2) is 6.04. The Morgan fingerprint density at radius 3 is 2.36 bits per heavy atom. The van der Waals surface area contributed by atoms with E-state index in [4.69, 9.17) is 0 Å². The molecule has 122 valence electrons. The van der Waals surface area contributed by atoms with Gasteiger partial charge in [-0.05, 0) is 44.6 Å². The maximum Gasteiger partial charge on any atom is 0.223 e. The average Bonchev–Trinajstić information content (AvgIpc) is 2.87. The zero-order valence-corrected chi connectivity index (χ0v) is 14.5. The summed E-state index contributed by atoms with van der Waals surface area (Å²) in [5.41, 5.74) is 1.38. The Labute approximate surface area is 134 Å². The average molecular weight is 303 g/mol. The van der Waals surface area contributed by atoms with Crippen molar-refractivity contribution in [1.29, 1.82) is 0 Å². The first kappa shape index (κ1) is 17.0. The van der Waals surface area contributed by atoms with Crippen LogP contribution in [0.5, 0.6) is 0 Å². The van der Waals surface area contributed by atoms with Crippen LogP contribution in [-0.4, -0.2) is 34.1 Å². The van der Waals surface area contributed by atoms with Crippen molar-refractivity contribution < 1.29 is 9.90 Å². The molecule has 1 amide bonds. The van der Waals surface area contributed by atoms with Gasteiger partial charge in [0, 0.05) is 13.0 Å². The number of nitrogens with zero attached hydrogens (tertiary/aromatic N) is 1. The SMILES string of the molecule is Cc1ccc(C(C)(C)CC(=O)N2CCCC2C(C)(C)O)cc1. The fourth-order valence-electron chi connectivity index (χ4n) is 3.39. The first-order chi connectivity index (χ1) is 10.1. The third-order valence-corrected chi connectivity index (χ3v) is 4.81. The summed E-state index contributed by atoms with van der Waals surface area (Å²) in [6, 6.07) is 8.35. The largest absolute Gasteiger partial charge is 0.388 e. The highest BCUT2D eigenvalue weighted by Gasteiger charge is 2.39. The van der Waals surface area contributed by atoms with Crippen molar-refractivity contribution in [2.24, 2.45) is 0 Å². The molecule has 0 spiro atoms. The van der Waals surface area contributed by atoms with E-state index in [0.29, 0.717) is 6.42 Å². The highest BCUT2D eigenvalue weighted by Crippen LogP contribution is 2.32. The molecule has 0 aliphatic carbocycles. The van der Waals surface area contributed by atoms with Crippen LogP contribution >= 0.6 is 0 Å². The van der Waals surface area contributed by atoms with E-state index in [0.717, 1.165) is 19.4 Å². The van der Waals surface area contributed by atoms with Crippen LogP contribution in [-0.2, 0) is 10.2 Å². The first-order valence-electron chi connectivity index (χ1n) is 8.20. The van der Waals surface area contributed by atoms with Crippen molar-refractivity contribution in [2.45, 2.75) is 70.9 Å². The van der Waals surface area contributed by atoms with Gasteiger partial charge in [-0.3, -0.25) is 4.79 Å². The lowest BCUT2D eigenvalue weighted by Crippen LogP contribution is -2.49. The smallest absolute Gasteiger partial charge is 0.223 e. The van der Waals surface area contributed by atoms with Crippen molar-refractivity contribution >= 4 is 5.91 Å². The molecule has 3 heteroatoms. The van der Waals surface area contributed by atoms with Crippen molar-refractivity contribution in [2.75, 3.05) is 6.54 Å². The van der Waals surface area contributed by atoms with Crippen LogP contribution in [0.4, 0.5) is 0 Å². The predicted molar refractivity (Wildman–Crippen MR) is 89.9 cm³/mol. The van der Waals surface area contributed by atoms with E-state index in [9.17, 15) is 9.90 Å². The third-order valence-electron chi connectivity index (χ3n) is 4.81. The Morgan fingerprint density at radius 1 is 1.23 bits per heavy atom. The van der Waals surface area contributed by atoms with Crippen molar-refractivity contribution in [3.05, 3.63) is 35.4 Å². The Balaban J connectivity index is 2.12. The second-order valence-corrected chi connectivity index (χ2v) is 7.83. The quantitative estimate of drug-likeness (QED) is 0.926. The normalized spacial score (nSPS) is 19.5. The number of aryl methyl sites for hydroxylation is 1. The topological polar surface area (TPSA) is 40.5 Å². The molecule has 0 radical (unpaired) electrons. The van der Waals surface area contributed by atoms with Crippen LogP contribution in [0.15, 0.2) is 24.3 Å². The number of carbonyl (C=O) groups is 1. The van der Waals surface area contributed by atoms with Crippen LogP contribution in [0.25, 0.3) is 0 Å². The molecule has 0 saturated carbocycles. The molecule has 2 rings (SSSR count). The van der Waals surface area contributed by atoms with E-state index in [-0.39, 0.29) is 17.4 Å². The fraction of sp³-hybridized carbons (Fsp3) is 0.632. The fourth-order valence-corrected chi connectivity index (χ4v) is 3.39. The molecule has 1 atom stereocenters. The van der Waals surface area contributed by atoms with Gasteiger partial charge in [-0.15, -0.1) is 0 Å². The summed E-state index contributed by atoms with van der Waals surface area (Å²) in [6.45, 7) is 10.7. The molecule has 3 nitrogen and oxygen atoms in total. The molecule has 1 aromatic rings. The maximum atomic E-state index is 12.8. The Hall–Kier alpha value is -1.35. The molecule has 22 heavy (non-hydrogen) atoms. The molecule has 0 bridgehead atoms. The molecule has 1 aromatic carbocycles. The van der Waals surface area contributed by atoms with Gasteiger partial charge in [0.2, 0.25) is 5.91 Å². The highest BCUT2D eigenvalue weighted by molar-refractivity contribution is 5.78. The minimum Gasteiger partial charge on any atom is -0.388 e. The van der Waals surface area contributed by atoms with Gasteiger partial charge in [0.05, 0.1) is 11.6 Å². The molecule has 1 aliphatic rings. The number of rotatable bonds is 4. The number of likely N-dealkylation sites (tertiary alicyclic amines) is 1. The minimum absolute atomic E-state index is 0.0613. The van der Waals surface area contributed by atoms with Gasteiger partial charge in [-0.25, -0.2) is 0 Å². The predicted octanol–water partition coefficient (Wildman–Crippen LogP) is 3.42. The number of hydrogen-bond donors (Lipinski definition) is 1. The summed E-state index contributed by atoms with van der Waals surface area (Å²) >= 11 is 0. The van der Waals surface area contributed by atoms with Crippen molar-refractivity contribution in [1.82, 2.24) is 4.90 Å². The van der Waals surface area contributed by atoms with Crippen LogP contribution in [0.2, 0.25) is 0 Å².